The number of para-hydroxylation sites is 1. The highest BCUT2D eigenvalue weighted by atomic mass is 35.5. The summed E-state index contributed by atoms with van der Waals surface area (Å²) in [5.41, 5.74) is 3.96. The zero-order chi connectivity index (χ0) is 35.8. The van der Waals surface area contributed by atoms with Crippen molar-refractivity contribution in [3.63, 3.8) is 0 Å². The SMILES string of the molecule is CC(=O)C(N=Nc1ccc(-c2ccc(N=NC(C(C)=O)C(=O)Nc3ccccc3C(=O)O)c(Cl)c2)cc1Cl)C(=O)Nc1ccc(C)cc1C. The molecule has 2 amide bonds. The lowest BCUT2D eigenvalue weighted by Gasteiger charge is -2.12. The van der Waals surface area contributed by atoms with Crippen LogP contribution in [0.5, 0.6) is 0 Å². The largest absolute Gasteiger partial charge is 0.478 e. The van der Waals surface area contributed by atoms with E-state index in [1.165, 1.54) is 37.3 Å². The molecular formula is C35H30Cl2N6O6. The van der Waals surface area contributed by atoms with Crippen molar-refractivity contribution in [3.05, 3.63) is 106 Å². The first-order valence-corrected chi connectivity index (χ1v) is 15.4. The number of aromatic carboxylic acids is 1. The quantitative estimate of drug-likeness (QED) is 0.0987. The monoisotopic (exact) mass is 700 g/mol. The maximum Gasteiger partial charge on any atom is 0.337 e. The molecule has 0 aliphatic rings. The number of carbonyl (C=O) groups excluding carboxylic acids is 4. The number of rotatable bonds is 12. The Labute approximate surface area is 291 Å². The van der Waals surface area contributed by atoms with Crippen LogP contribution in [0.15, 0.2) is 99.3 Å². The zero-order valence-corrected chi connectivity index (χ0v) is 28.2. The molecule has 14 heteroatoms. The molecule has 250 valence electrons. The number of hydrogen-bond acceptors (Lipinski definition) is 9. The first-order valence-electron chi connectivity index (χ1n) is 14.7. The zero-order valence-electron chi connectivity index (χ0n) is 26.7. The molecule has 0 fully saturated rings. The lowest BCUT2D eigenvalue weighted by atomic mass is 10.0. The number of amides is 2. The van der Waals surface area contributed by atoms with Crippen LogP contribution < -0.4 is 10.6 Å². The van der Waals surface area contributed by atoms with Crippen LogP contribution in [0.1, 0.15) is 35.3 Å². The summed E-state index contributed by atoms with van der Waals surface area (Å²) < 4.78 is 0. The minimum Gasteiger partial charge on any atom is -0.478 e. The molecule has 0 heterocycles. The second-order valence-electron chi connectivity index (χ2n) is 10.9. The summed E-state index contributed by atoms with van der Waals surface area (Å²) in [7, 11) is 0. The number of nitrogens with one attached hydrogen (secondary N) is 2. The van der Waals surface area contributed by atoms with Gasteiger partial charge in [0.1, 0.15) is 11.4 Å². The van der Waals surface area contributed by atoms with Crippen LogP contribution in [-0.2, 0) is 19.2 Å². The Balaban J connectivity index is 1.48. The van der Waals surface area contributed by atoms with Gasteiger partial charge in [0.2, 0.25) is 12.1 Å². The fraction of sp³-hybridized carbons (Fsp3) is 0.171. The van der Waals surface area contributed by atoms with E-state index in [9.17, 15) is 29.1 Å². The number of ketones is 2. The van der Waals surface area contributed by atoms with E-state index in [2.05, 4.69) is 31.1 Å². The van der Waals surface area contributed by atoms with Crippen LogP contribution in [0.2, 0.25) is 10.0 Å². The van der Waals surface area contributed by atoms with Gasteiger partial charge in [-0.15, -0.1) is 0 Å². The summed E-state index contributed by atoms with van der Waals surface area (Å²) in [6.07, 6.45) is 0. The number of carboxylic acid groups (broad SMARTS) is 1. The maximum atomic E-state index is 12.9. The van der Waals surface area contributed by atoms with Gasteiger partial charge in [-0.3, -0.25) is 19.2 Å². The number of hydrogen-bond donors (Lipinski definition) is 3. The van der Waals surface area contributed by atoms with E-state index in [-0.39, 0.29) is 32.7 Å². The van der Waals surface area contributed by atoms with Crippen LogP contribution in [0.4, 0.5) is 22.7 Å². The van der Waals surface area contributed by atoms with Crippen molar-refractivity contribution in [1.29, 1.82) is 0 Å². The number of anilines is 2. The Kier molecular flexibility index (Phi) is 11.8. The normalized spacial score (nSPS) is 12.4. The van der Waals surface area contributed by atoms with Gasteiger partial charge >= 0.3 is 5.97 Å². The number of benzene rings is 4. The Morgan fingerprint density at radius 3 is 1.59 bits per heavy atom. The first kappa shape index (κ1) is 36.2. The lowest BCUT2D eigenvalue weighted by Crippen LogP contribution is -2.32. The number of aryl methyl sites for hydroxylation is 2. The van der Waals surface area contributed by atoms with Crippen LogP contribution in [0.3, 0.4) is 0 Å². The lowest BCUT2D eigenvalue weighted by molar-refractivity contribution is -0.127. The van der Waals surface area contributed by atoms with E-state index in [1.807, 2.05) is 26.0 Å². The summed E-state index contributed by atoms with van der Waals surface area (Å²) in [6, 6.07) is 18.0. The van der Waals surface area contributed by atoms with Crippen molar-refractivity contribution in [2.45, 2.75) is 39.8 Å². The minimum atomic E-state index is -1.56. The van der Waals surface area contributed by atoms with Crippen molar-refractivity contribution < 1.29 is 29.1 Å². The van der Waals surface area contributed by atoms with E-state index in [4.69, 9.17) is 23.2 Å². The highest BCUT2D eigenvalue weighted by Gasteiger charge is 2.25. The van der Waals surface area contributed by atoms with Gasteiger partial charge in [-0.2, -0.15) is 20.5 Å². The van der Waals surface area contributed by atoms with Crippen LogP contribution in [0.25, 0.3) is 11.1 Å². The highest BCUT2D eigenvalue weighted by Crippen LogP contribution is 2.35. The predicted molar refractivity (Wildman–Crippen MR) is 186 cm³/mol. The van der Waals surface area contributed by atoms with Gasteiger partial charge in [0.25, 0.3) is 11.8 Å². The molecular weight excluding hydrogens is 671 g/mol. The predicted octanol–water partition coefficient (Wildman–Crippen LogP) is 8.34. The van der Waals surface area contributed by atoms with Gasteiger partial charge in [0, 0.05) is 5.69 Å². The van der Waals surface area contributed by atoms with E-state index in [0.29, 0.717) is 16.8 Å². The molecule has 0 aromatic heterocycles. The maximum absolute atomic E-state index is 12.9. The molecule has 3 N–H and O–H groups in total. The van der Waals surface area contributed by atoms with Crippen molar-refractivity contribution >= 4 is 75.3 Å². The third kappa shape index (κ3) is 9.28. The van der Waals surface area contributed by atoms with Crippen LogP contribution in [0, 0.1) is 13.8 Å². The summed E-state index contributed by atoms with van der Waals surface area (Å²) in [5, 5.41) is 30.8. The molecule has 0 saturated heterocycles. The average Bonchev–Trinajstić information content (AvgIpc) is 3.03. The van der Waals surface area contributed by atoms with Crippen LogP contribution >= 0.6 is 23.2 Å². The number of nitrogens with zero attached hydrogens (tertiary/aromatic N) is 4. The molecule has 4 aromatic carbocycles. The molecule has 0 saturated carbocycles. The van der Waals surface area contributed by atoms with E-state index in [0.717, 1.165) is 18.1 Å². The van der Waals surface area contributed by atoms with Crippen molar-refractivity contribution in [2.24, 2.45) is 20.5 Å². The molecule has 0 aliphatic heterocycles. The van der Waals surface area contributed by atoms with E-state index >= 15 is 0 Å². The molecule has 0 spiro atoms. The standard InChI is InChI=1S/C35H30Cl2N6O6/c1-18-9-12-27(19(2)15-18)38-33(46)31(20(3)44)42-40-29-13-10-22(16-25(29)36)23-11-14-30(26(37)17-23)41-43-32(21(4)45)34(47)39-28-8-6-5-7-24(28)35(48)49/h5-17,31-32H,1-4H3,(H,38,46)(H,39,47)(H,48,49). The van der Waals surface area contributed by atoms with Gasteiger partial charge in [-0.25, -0.2) is 4.79 Å². The topological polar surface area (TPSA) is 179 Å². The van der Waals surface area contributed by atoms with Gasteiger partial charge in [0.05, 0.1) is 21.3 Å². The number of carboxylic acids is 1. The first-order chi connectivity index (χ1) is 23.2. The van der Waals surface area contributed by atoms with Gasteiger partial charge in [-0.1, -0.05) is 65.2 Å². The Hall–Kier alpha value is -5.59. The van der Waals surface area contributed by atoms with Gasteiger partial charge in [0.15, 0.2) is 11.6 Å². The second-order valence-corrected chi connectivity index (χ2v) is 11.8. The Morgan fingerprint density at radius 1 is 0.653 bits per heavy atom. The van der Waals surface area contributed by atoms with E-state index < -0.39 is 41.4 Å². The van der Waals surface area contributed by atoms with Crippen LogP contribution in [-0.4, -0.2) is 46.5 Å². The molecule has 0 aliphatic carbocycles. The molecule has 4 aromatic rings. The Bertz CT molecular complexity index is 2030. The van der Waals surface area contributed by atoms with Crippen molar-refractivity contribution in [2.75, 3.05) is 10.6 Å². The highest BCUT2D eigenvalue weighted by molar-refractivity contribution is 6.34. The second kappa shape index (κ2) is 16.0. The summed E-state index contributed by atoms with van der Waals surface area (Å²) in [5.74, 6) is -3.85. The summed E-state index contributed by atoms with van der Waals surface area (Å²) in [6.45, 7) is 6.19. The van der Waals surface area contributed by atoms with Gasteiger partial charge in [-0.05, 0) is 86.8 Å². The number of azo groups is 2. The minimum absolute atomic E-state index is 0.00680. The molecule has 4 rings (SSSR count). The third-order valence-electron chi connectivity index (χ3n) is 7.11. The average molecular weight is 702 g/mol. The smallest absolute Gasteiger partial charge is 0.337 e. The molecule has 0 bridgehead atoms. The molecule has 49 heavy (non-hydrogen) atoms. The number of carbonyl (C=O) groups is 5. The van der Waals surface area contributed by atoms with E-state index in [1.54, 1.807) is 36.4 Å². The third-order valence-corrected chi connectivity index (χ3v) is 7.72. The fourth-order valence-electron chi connectivity index (χ4n) is 4.55. The number of halogens is 2. The van der Waals surface area contributed by atoms with Crippen molar-refractivity contribution in [1.82, 2.24) is 0 Å². The van der Waals surface area contributed by atoms with Crippen molar-refractivity contribution in [3.8, 4) is 11.1 Å². The molecule has 2 unspecified atom stereocenters. The molecule has 2 atom stereocenters. The summed E-state index contributed by atoms with van der Waals surface area (Å²) in [4.78, 5) is 61.6. The Morgan fingerprint density at radius 2 is 1.14 bits per heavy atom. The number of Topliss-reactive ketones (excluding diaryl/α,β-unsaturated/α-hetero) is 2. The molecule has 0 radical (unpaired) electrons. The van der Waals surface area contributed by atoms with Gasteiger partial charge < -0.3 is 15.7 Å². The summed E-state index contributed by atoms with van der Waals surface area (Å²) >= 11 is 12.9. The fourth-order valence-corrected chi connectivity index (χ4v) is 4.98. The molecule has 12 nitrogen and oxygen atoms in total.